The van der Waals surface area contributed by atoms with E-state index in [9.17, 15) is 4.79 Å². The number of nitrogens with zero attached hydrogens (tertiary/aromatic N) is 2. The average molecular weight is 380 g/mol. The van der Waals surface area contributed by atoms with Gasteiger partial charge in [-0.2, -0.15) is 5.26 Å². The van der Waals surface area contributed by atoms with Crippen molar-refractivity contribution in [2.45, 2.75) is 64.3 Å². The van der Waals surface area contributed by atoms with E-state index in [2.05, 4.69) is 47.5 Å². The van der Waals surface area contributed by atoms with Crippen molar-refractivity contribution in [3.8, 4) is 6.07 Å². The molecular formula is C24H33N3O. The normalized spacial score (nSPS) is 22.9. The van der Waals surface area contributed by atoms with Gasteiger partial charge in [-0.1, -0.05) is 37.3 Å². The Bertz CT molecular complexity index is 726. The molecular weight excluding hydrogens is 346 g/mol. The van der Waals surface area contributed by atoms with Crippen LogP contribution in [0.15, 0.2) is 30.3 Å². The lowest BCUT2D eigenvalue weighted by Gasteiger charge is -2.32. The number of hydrogen-bond donors (Lipinski definition) is 1. The molecule has 0 atom stereocenters. The Hall–Kier alpha value is -2.12. The minimum atomic E-state index is -0.119. The van der Waals surface area contributed by atoms with E-state index in [0.717, 1.165) is 44.7 Å². The molecule has 1 aliphatic carbocycles. The quantitative estimate of drug-likeness (QED) is 0.768. The van der Waals surface area contributed by atoms with Gasteiger partial charge in [-0.25, -0.2) is 0 Å². The molecule has 4 heteroatoms. The monoisotopic (exact) mass is 379 g/mol. The number of amides is 1. The molecule has 1 heterocycles. The van der Waals surface area contributed by atoms with Crippen molar-refractivity contribution in [2.24, 2.45) is 5.92 Å². The fourth-order valence-corrected chi connectivity index (χ4v) is 4.61. The van der Waals surface area contributed by atoms with Crippen LogP contribution in [0.25, 0.3) is 5.57 Å². The lowest BCUT2D eigenvalue weighted by atomic mass is 9.84. The highest BCUT2D eigenvalue weighted by molar-refractivity contribution is 5.78. The van der Waals surface area contributed by atoms with E-state index in [1.807, 2.05) is 6.07 Å². The first-order chi connectivity index (χ1) is 13.7. The summed E-state index contributed by atoms with van der Waals surface area (Å²) >= 11 is 0. The second-order valence-corrected chi connectivity index (χ2v) is 8.20. The number of nitriles is 1. The fraction of sp³-hybridized carbons (Fsp3) is 0.583. The maximum Gasteiger partial charge on any atom is 0.234 e. The molecule has 0 aromatic heterocycles. The van der Waals surface area contributed by atoms with Gasteiger partial charge in [-0.15, -0.1) is 0 Å². The summed E-state index contributed by atoms with van der Waals surface area (Å²) in [5, 5.41) is 11.6. The number of rotatable bonds is 7. The Morgan fingerprint density at radius 1 is 1.25 bits per heavy atom. The molecule has 0 unspecified atom stereocenters. The molecule has 2 aliphatic rings. The molecule has 4 nitrogen and oxygen atoms in total. The van der Waals surface area contributed by atoms with Crippen LogP contribution in [0.4, 0.5) is 0 Å². The maximum absolute atomic E-state index is 11.5. The van der Waals surface area contributed by atoms with E-state index in [4.69, 9.17) is 5.26 Å². The van der Waals surface area contributed by atoms with Crippen molar-refractivity contribution in [1.29, 1.82) is 5.26 Å². The lowest BCUT2D eigenvalue weighted by Crippen LogP contribution is -2.38. The van der Waals surface area contributed by atoms with Crippen molar-refractivity contribution >= 4 is 11.5 Å². The van der Waals surface area contributed by atoms with Gasteiger partial charge in [-0.3, -0.25) is 9.69 Å². The lowest BCUT2D eigenvalue weighted by molar-refractivity contribution is -0.121. The van der Waals surface area contributed by atoms with E-state index in [1.54, 1.807) is 0 Å². The first kappa shape index (κ1) is 20.6. The van der Waals surface area contributed by atoms with Gasteiger partial charge in [0, 0.05) is 19.1 Å². The van der Waals surface area contributed by atoms with Crippen LogP contribution in [-0.2, 0) is 11.2 Å². The van der Waals surface area contributed by atoms with E-state index in [1.165, 1.54) is 42.5 Å². The second kappa shape index (κ2) is 10.4. The molecule has 1 aromatic carbocycles. The smallest absolute Gasteiger partial charge is 0.234 e. The molecule has 28 heavy (non-hydrogen) atoms. The predicted octanol–water partition coefficient (Wildman–Crippen LogP) is 4.32. The standard InChI is InChI=1S/C24H33N3O/c1-2-20-5-3-4-6-23(20)21-13-17-27(18-14-21)16-12-19-7-9-22(10-8-19)26-24(28)11-15-25/h3-6,13,19,22H,2,7-12,14,16-18H2,1H3,(H,26,28)/t19-,22-. The Balaban J connectivity index is 1.40. The molecule has 0 spiro atoms. The van der Waals surface area contributed by atoms with Gasteiger partial charge in [-0.05, 0) is 74.1 Å². The molecule has 1 fully saturated rings. The number of nitrogens with one attached hydrogen (secondary N) is 1. The van der Waals surface area contributed by atoms with Crippen LogP contribution in [0.1, 0.15) is 63.0 Å². The third-order valence-corrected chi connectivity index (χ3v) is 6.34. The number of hydrogen-bond acceptors (Lipinski definition) is 3. The molecule has 3 rings (SSSR count). The van der Waals surface area contributed by atoms with Gasteiger partial charge in [0.05, 0.1) is 6.07 Å². The third kappa shape index (κ3) is 5.69. The van der Waals surface area contributed by atoms with Gasteiger partial charge < -0.3 is 5.32 Å². The van der Waals surface area contributed by atoms with Gasteiger partial charge >= 0.3 is 0 Å². The van der Waals surface area contributed by atoms with Crippen LogP contribution in [0, 0.1) is 17.2 Å². The van der Waals surface area contributed by atoms with E-state index in [-0.39, 0.29) is 18.4 Å². The molecule has 0 bridgehead atoms. The fourth-order valence-electron chi connectivity index (χ4n) is 4.61. The van der Waals surface area contributed by atoms with Crippen LogP contribution >= 0.6 is 0 Å². The zero-order chi connectivity index (χ0) is 19.8. The van der Waals surface area contributed by atoms with Gasteiger partial charge in [0.1, 0.15) is 6.42 Å². The van der Waals surface area contributed by atoms with Crippen molar-refractivity contribution in [1.82, 2.24) is 10.2 Å². The first-order valence-electron chi connectivity index (χ1n) is 10.9. The summed E-state index contributed by atoms with van der Waals surface area (Å²) < 4.78 is 0. The second-order valence-electron chi connectivity index (χ2n) is 8.20. The molecule has 1 saturated carbocycles. The van der Waals surface area contributed by atoms with Crippen molar-refractivity contribution in [3.63, 3.8) is 0 Å². The summed E-state index contributed by atoms with van der Waals surface area (Å²) in [6.45, 7) is 5.63. The maximum atomic E-state index is 11.5. The highest BCUT2D eigenvalue weighted by Crippen LogP contribution is 2.29. The average Bonchev–Trinajstić information content (AvgIpc) is 2.74. The minimum absolute atomic E-state index is 0.0207. The van der Waals surface area contributed by atoms with Crippen molar-refractivity contribution in [3.05, 3.63) is 41.5 Å². The van der Waals surface area contributed by atoms with Crippen LogP contribution in [0.2, 0.25) is 0 Å². The molecule has 0 saturated heterocycles. The summed E-state index contributed by atoms with van der Waals surface area (Å²) in [5.74, 6) is 0.654. The number of aryl methyl sites for hydroxylation is 1. The predicted molar refractivity (Wildman–Crippen MR) is 114 cm³/mol. The molecule has 0 radical (unpaired) electrons. The van der Waals surface area contributed by atoms with Crippen LogP contribution in [0.5, 0.6) is 0 Å². The summed E-state index contributed by atoms with van der Waals surface area (Å²) in [6.07, 6.45) is 10.4. The highest BCUT2D eigenvalue weighted by atomic mass is 16.1. The number of carbonyl (C=O) groups excluding carboxylic acids is 1. The SMILES string of the molecule is CCc1ccccc1C1=CCN(CC[C@H]2CC[C@H](NC(=O)CC#N)CC2)CC1. The highest BCUT2D eigenvalue weighted by Gasteiger charge is 2.23. The molecule has 1 aliphatic heterocycles. The van der Waals surface area contributed by atoms with Gasteiger partial charge in [0.15, 0.2) is 0 Å². The molecule has 1 amide bonds. The first-order valence-corrected chi connectivity index (χ1v) is 10.9. The molecule has 150 valence electrons. The van der Waals surface area contributed by atoms with E-state index in [0.29, 0.717) is 0 Å². The van der Waals surface area contributed by atoms with Crippen LogP contribution in [0.3, 0.4) is 0 Å². The zero-order valence-corrected chi connectivity index (χ0v) is 17.1. The zero-order valence-electron chi connectivity index (χ0n) is 17.1. The third-order valence-electron chi connectivity index (χ3n) is 6.34. The van der Waals surface area contributed by atoms with Crippen LogP contribution < -0.4 is 5.32 Å². The van der Waals surface area contributed by atoms with Crippen molar-refractivity contribution < 1.29 is 4.79 Å². The Labute approximate surface area is 169 Å². The molecule has 1 aromatic rings. The van der Waals surface area contributed by atoms with Crippen LogP contribution in [-0.4, -0.2) is 36.5 Å². The van der Waals surface area contributed by atoms with E-state index < -0.39 is 0 Å². The Morgan fingerprint density at radius 3 is 2.71 bits per heavy atom. The van der Waals surface area contributed by atoms with Gasteiger partial charge in [0.25, 0.3) is 0 Å². The Kier molecular flexibility index (Phi) is 7.68. The minimum Gasteiger partial charge on any atom is -0.352 e. The van der Waals surface area contributed by atoms with Crippen molar-refractivity contribution in [2.75, 3.05) is 19.6 Å². The Morgan fingerprint density at radius 2 is 2.04 bits per heavy atom. The molecule has 1 N–H and O–H groups in total. The summed E-state index contributed by atoms with van der Waals surface area (Å²) in [5.41, 5.74) is 4.42. The number of benzene rings is 1. The number of carbonyl (C=O) groups is 1. The topological polar surface area (TPSA) is 56.1 Å². The summed E-state index contributed by atoms with van der Waals surface area (Å²) in [7, 11) is 0. The summed E-state index contributed by atoms with van der Waals surface area (Å²) in [4.78, 5) is 14.1. The van der Waals surface area contributed by atoms with Gasteiger partial charge in [0.2, 0.25) is 5.91 Å². The largest absolute Gasteiger partial charge is 0.352 e. The van der Waals surface area contributed by atoms with E-state index >= 15 is 0 Å². The summed E-state index contributed by atoms with van der Waals surface area (Å²) in [6, 6.07) is 11.0.